The maximum Gasteiger partial charge on any atom is 0.128 e. The van der Waals surface area contributed by atoms with Gasteiger partial charge in [0.05, 0.1) is 42.1 Å². The molecule has 4 aromatic carbocycles. The maximum atomic E-state index is 10.2. The summed E-state index contributed by atoms with van der Waals surface area (Å²) in [5.74, 6) is 0.311. The summed E-state index contributed by atoms with van der Waals surface area (Å²) in [6.45, 7) is 14.0. The summed E-state index contributed by atoms with van der Waals surface area (Å²) in [7, 11) is -2.72. The van der Waals surface area contributed by atoms with E-state index in [-0.39, 0.29) is 19.5 Å². The molecule has 0 bridgehead atoms. The molecule has 0 saturated carbocycles. The van der Waals surface area contributed by atoms with Crippen LogP contribution >= 0.6 is 22.7 Å². The van der Waals surface area contributed by atoms with Gasteiger partial charge in [0.25, 0.3) is 0 Å². The second kappa shape index (κ2) is 12.5. The van der Waals surface area contributed by atoms with E-state index < -0.39 is 16.1 Å². The number of fused-ring (bicyclic) bond motifs is 2. The van der Waals surface area contributed by atoms with Crippen LogP contribution in [0.15, 0.2) is 89.8 Å². The average molecular weight is 679 g/mol. The molecule has 0 aliphatic rings. The van der Waals surface area contributed by atoms with E-state index in [9.17, 15) is 5.11 Å². The van der Waals surface area contributed by atoms with Gasteiger partial charge in [-0.3, -0.25) is 0 Å². The van der Waals surface area contributed by atoms with Crippen molar-refractivity contribution in [2.75, 3.05) is 0 Å². The van der Waals surface area contributed by atoms with Gasteiger partial charge in [-0.1, -0.05) is 98.2 Å². The zero-order chi connectivity index (χ0) is 28.7. The van der Waals surface area contributed by atoms with Gasteiger partial charge in [0.1, 0.15) is 15.8 Å². The van der Waals surface area contributed by atoms with Crippen molar-refractivity contribution < 1.29 is 24.6 Å². The van der Waals surface area contributed by atoms with E-state index in [4.69, 9.17) is 17.6 Å². The molecule has 0 aliphatic heterocycles. The van der Waals surface area contributed by atoms with Crippen LogP contribution in [-0.2, 0) is 32.1 Å². The first kappa shape index (κ1) is 31.7. The van der Waals surface area contributed by atoms with Crippen molar-refractivity contribution in [1.29, 1.82) is 0 Å². The second-order valence-corrected chi connectivity index (χ2v) is 24.6. The minimum Gasteiger partial charge on any atom is -0.779 e. The number of phenolic OH excluding ortho intramolecular Hbond substituents is 1. The molecular formula is C32H33N2OS3Si2Zn-. The van der Waals surface area contributed by atoms with E-state index in [1.165, 1.54) is 15.1 Å². The number of hydrogen-bond donors (Lipinski definition) is 1. The summed E-state index contributed by atoms with van der Waals surface area (Å²) in [5, 5.41) is 14.9. The van der Waals surface area contributed by atoms with Gasteiger partial charge in [0.2, 0.25) is 0 Å². The van der Waals surface area contributed by atoms with Crippen LogP contribution in [-0.4, -0.2) is 31.2 Å². The molecule has 0 fully saturated rings. The van der Waals surface area contributed by atoms with E-state index in [0.29, 0.717) is 5.75 Å². The van der Waals surface area contributed by atoms with Crippen LogP contribution in [0.25, 0.3) is 41.6 Å². The third-order valence-corrected chi connectivity index (χ3v) is 13.3. The molecule has 0 spiro atoms. The molecule has 3 nitrogen and oxygen atoms in total. The molecule has 0 unspecified atom stereocenters. The molecule has 1 N–H and O–H groups in total. The molecule has 9 heteroatoms. The Morgan fingerprint density at radius 1 is 0.610 bits per heavy atom. The van der Waals surface area contributed by atoms with Gasteiger partial charge < -0.3 is 17.7 Å². The Balaban J connectivity index is 0.000000184. The Morgan fingerprint density at radius 2 is 1.05 bits per heavy atom. The summed E-state index contributed by atoms with van der Waals surface area (Å²) in [6, 6.07) is 28.8. The molecule has 41 heavy (non-hydrogen) atoms. The van der Waals surface area contributed by atoms with Crippen molar-refractivity contribution in [1.82, 2.24) is 9.97 Å². The van der Waals surface area contributed by atoms with E-state index in [0.717, 1.165) is 41.8 Å². The first-order valence-corrected chi connectivity index (χ1v) is 22.3. The predicted molar refractivity (Wildman–Crippen MR) is 183 cm³/mol. The Labute approximate surface area is 270 Å². The first-order valence-electron chi connectivity index (χ1n) is 13.3. The standard InChI is InChI=1S/C16H17NOSSi.C16H17NS2Si.Zn/c2*1-20(2,3)11-8-9-14(18)12(10-11)16-17-13-6-4-5-7-15(13)19-16;/h2*4-10,18H,1-3H3;/p-1. The zero-order valence-corrected chi connectivity index (χ0v) is 31.8. The van der Waals surface area contributed by atoms with Crippen molar-refractivity contribution in [2.24, 2.45) is 0 Å². The molecule has 0 aliphatic carbocycles. The summed E-state index contributed by atoms with van der Waals surface area (Å²) in [6.07, 6.45) is 0. The van der Waals surface area contributed by atoms with Crippen LogP contribution in [0, 0.1) is 0 Å². The van der Waals surface area contributed by atoms with Gasteiger partial charge in [0, 0.05) is 19.5 Å². The molecule has 0 amide bonds. The van der Waals surface area contributed by atoms with Crippen LogP contribution in [0.4, 0.5) is 0 Å². The van der Waals surface area contributed by atoms with E-state index >= 15 is 0 Å². The molecule has 2 aromatic heterocycles. The number of hydrogen-bond acceptors (Lipinski definition) is 6. The minimum absolute atomic E-state index is 0. The smallest absolute Gasteiger partial charge is 0.128 e. The summed E-state index contributed by atoms with van der Waals surface area (Å²) >= 11 is 8.85. The molecule has 0 radical (unpaired) electrons. The number of thiazole rings is 2. The van der Waals surface area contributed by atoms with Gasteiger partial charge in [0.15, 0.2) is 0 Å². The molecule has 2 heterocycles. The number of benzene rings is 4. The van der Waals surface area contributed by atoms with Crippen molar-refractivity contribution in [3.05, 3.63) is 84.9 Å². The molecule has 0 saturated heterocycles. The van der Waals surface area contributed by atoms with Crippen molar-refractivity contribution in [2.45, 2.75) is 44.2 Å². The van der Waals surface area contributed by atoms with Crippen LogP contribution in [0.1, 0.15) is 0 Å². The Morgan fingerprint density at radius 3 is 1.54 bits per heavy atom. The minimum atomic E-state index is -1.39. The topological polar surface area (TPSA) is 46.0 Å². The number of aromatic nitrogens is 2. The summed E-state index contributed by atoms with van der Waals surface area (Å²) in [4.78, 5) is 10.3. The van der Waals surface area contributed by atoms with E-state index in [1.807, 2.05) is 30.3 Å². The van der Waals surface area contributed by atoms with Gasteiger partial charge in [-0.25, -0.2) is 9.97 Å². The van der Waals surface area contributed by atoms with Gasteiger partial charge in [-0.2, -0.15) is 4.90 Å². The fourth-order valence-corrected chi connectivity index (χ4v) is 8.91. The fourth-order valence-electron chi connectivity index (χ4n) is 4.31. The number of phenols is 1. The number of rotatable bonds is 4. The van der Waals surface area contributed by atoms with Crippen LogP contribution in [0.5, 0.6) is 5.75 Å². The number of nitrogens with zero attached hydrogens (tertiary/aromatic N) is 2. The molecule has 0 atom stereocenters. The fraction of sp³-hybridized carbons (Fsp3) is 0.188. The number of aromatic hydroxyl groups is 1. The zero-order valence-electron chi connectivity index (χ0n) is 24.4. The average Bonchev–Trinajstić information content (AvgIpc) is 3.52. The predicted octanol–water partition coefficient (Wildman–Crippen LogP) is 8.63. The second-order valence-electron chi connectivity index (χ2n) is 11.9. The first-order chi connectivity index (χ1) is 18.9. The Hall–Kier alpha value is -2.26. The van der Waals surface area contributed by atoms with Crippen molar-refractivity contribution in [3.8, 4) is 26.9 Å². The third kappa shape index (κ3) is 7.21. The largest absolute Gasteiger partial charge is 0.779 e. The summed E-state index contributed by atoms with van der Waals surface area (Å²) in [5.41, 5.74) is 4.01. The molecular weight excluding hydrogens is 646 g/mol. The number of para-hydroxylation sites is 2. The van der Waals surface area contributed by atoms with Crippen LogP contribution in [0.2, 0.25) is 39.3 Å². The van der Waals surface area contributed by atoms with Gasteiger partial charge >= 0.3 is 0 Å². The van der Waals surface area contributed by atoms with E-state index in [2.05, 4.69) is 92.8 Å². The maximum absolute atomic E-state index is 10.2. The molecule has 6 aromatic rings. The van der Waals surface area contributed by atoms with Gasteiger partial charge in [-0.05, 0) is 42.0 Å². The van der Waals surface area contributed by atoms with E-state index in [1.54, 1.807) is 28.7 Å². The van der Waals surface area contributed by atoms with Crippen molar-refractivity contribution in [3.63, 3.8) is 0 Å². The van der Waals surface area contributed by atoms with Gasteiger partial charge in [-0.15, -0.1) is 22.7 Å². The van der Waals surface area contributed by atoms with Crippen LogP contribution < -0.4 is 10.4 Å². The summed E-state index contributed by atoms with van der Waals surface area (Å²) < 4.78 is 2.37. The quantitative estimate of drug-likeness (QED) is 0.150. The monoisotopic (exact) mass is 677 g/mol. The molecule has 6 rings (SSSR count). The Kier molecular flexibility index (Phi) is 9.68. The SMILES string of the molecule is C[Si](C)(C)c1ccc(O)c(-c2nc3ccccc3s2)c1.C[Si](C)(C)c1ccc([S-])c(-c2nc3ccccc3s2)c1.[Zn]. The Bertz CT molecular complexity index is 1620. The normalized spacial score (nSPS) is 11.7. The third-order valence-electron chi connectivity index (χ3n) is 6.76. The van der Waals surface area contributed by atoms with Crippen LogP contribution in [0.3, 0.4) is 0 Å². The van der Waals surface area contributed by atoms with Crippen molar-refractivity contribution >= 4 is 82.3 Å². The molecule has 206 valence electrons.